The lowest BCUT2D eigenvalue weighted by atomic mass is 9.87. The van der Waals surface area contributed by atoms with Crippen molar-refractivity contribution in [3.63, 3.8) is 0 Å². The number of benzene rings is 2. The molecular weight excluding hydrogens is 448 g/mol. The van der Waals surface area contributed by atoms with Crippen molar-refractivity contribution >= 4 is 15.7 Å². The van der Waals surface area contributed by atoms with E-state index >= 15 is 0 Å². The summed E-state index contributed by atoms with van der Waals surface area (Å²) in [5.74, 6) is 1.88. The summed E-state index contributed by atoms with van der Waals surface area (Å²) >= 11 is 0. The van der Waals surface area contributed by atoms with Crippen molar-refractivity contribution in [2.75, 3.05) is 24.6 Å². The van der Waals surface area contributed by atoms with Crippen LogP contribution in [0, 0.1) is 5.92 Å². The van der Waals surface area contributed by atoms with Crippen molar-refractivity contribution in [1.29, 1.82) is 0 Å². The van der Waals surface area contributed by atoms with E-state index in [9.17, 15) is 8.42 Å². The summed E-state index contributed by atoms with van der Waals surface area (Å²) in [6.07, 6.45) is 1.97. The molecule has 0 amide bonds. The molecule has 0 radical (unpaired) electrons. The Balaban J connectivity index is 1.76. The average molecular weight is 483 g/mol. The zero-order chi connectivity index (χ0) is 24.5. The molecule has 182 valence electrons. The lowest BCUT2D eigenvalue weighted by molar-refractivity contribution is 0.340. The fraction of sp³-hybridized carbons (Fsp3) is 0.444. The molecule has 0 atom stereocenters. The van der Waals surface area contributed by atoms with E-state index in [0.29, 0.717) is 30.0 Å². The summed E-state index contributed by atoms with van der Waals surface area (Å²) < 4.78 is 39.0. The summed E-state index contributed by atoms with van der Waals surface area (Å²) in [6, 6.07) is 14.5. The molecule has 0 bridgehead atoms. The van der Waals surface area contributed by atoms with Crippen LogP contribution in [-0.2, 0) is 15.3 Å². The normalized spacial score (nSPS) is 15.5. The molecule has 34 heavy (non-hydrogen) atoms. The molecule has 0 spiro atoms. The molecule has 0 aliphatic carbocycles. The molecule has 3 aromatic rings. The quantitative estimate of drug-likeness (QED) is 0.422. The van der Waals surface area contributed by atoms with Gasteiger partial charge in [0.25, 0.3) is 0 Å². The minimum Gasteiger partial charge on any atom is -0.494 e. The first kappa shape index (κ1) is 24.3. The third-order valence-corrected chi connectivity index (χ3v) is 8.02. The van der Waals surface area contributed by atoms with Gasteiger partial charge < -0.3 is 14.1 Å². The third kappa shape index (κ3) is 4.99. The van der Waals surface area contributed by atoms with Crippen LogP contribution in [0.5, 0.6) is 5.75 Å². The van der Waals surface area contributed by atoms with Gasteiger partial charge in [-0.1, -0.05) is 39.8 Å². The fourth-order valence-electron chi connectivity index (χ4n) is 4.11. The Hall–Kier alpha value is -2.80. The van der Waals surface area contributed by atoms with E-state index in [-0.39, 0.29) is 15.3 Å². The van der Waals surface area contributed by atoms with Crippen LogP contribution in [0.25, 0.3) is 11.5 Å². The van der Waals surface area contributed by atoms with E-state index in [1.54, 1.807) is 24.3 Å². The first-order valence-corrected chi connectivity index (χ1v) is 13.4. The van der Waals surface area contributed by atoms with E-state index in [0.717, 1.165) is 31.5 Å². The SMILES string of the molecule is CCOc1ccc(S(=O)(=O)c2nc(-c3ccc(C(C)(C)C)cc3)oc2N2CCC(C)CC2)cc1. The zero-order valence-electron chi connectivity index (χ0n) is 20.7. The number of aromatic nitrogens is 1. The number of hydrogen-bond acceptors (Lipinski definition) is 6. The highest BCUT2D eigenvalue weighted by molar-refractivity contribution is 7.91. The summed E-state index contributed by atoms with van der Waals surface area (Å²) in [4.78, 5) is 6.73. The molecule has 7 heteroatoms. The van der Waals surface area contributed by atoms with Gasteiger partial charge in [0.2, 0.25) is 26.6 Å². The van der Waals surface area contributed by atoms with Crippen LogP contribution in [0.3, 0.4) is 0 Å². The summed E-state index contributed by atoms with van der Waals surface area (Å²) in [5, 5.41) is -0.0267. The van der Waals surface area contributed by atoms with Crippen LogP contribution in [-0.4, -0.2) is 33.1 Å². The van der Waals surface area contributed by atoms with E-state index in [2.05, 4.69) is 32.7 Å². The Bertz CT molecular complexity index is 1220. The molecule has 1 aromatic heterocycles. The molecule has 6 nitrogen and oxygen atoms in total. The second-order valence-corrected chi connectivity index (χ2v) is 11.9. The summed E-state index contributed by atoms with van der Waals surface area (Å²) in [7, 11) is -3.88. The van der Waals surface area contributed by atoms with Crippen molar-refractivity contribution in [3.8, 4) is 17.2 Å². The van der Waals surface area contributed by atoms with Crippen LogP contribution in [0.15, 0.2) is 62.9 Å². The molecule has 1 saturated heterocycles. The monoisotopic (exact) mass is 482 g/mol. The van der Waals surface area contributed by atoms with Gasteiger partial charge in [-0.3, -0.25) is 0 Å². The van der Waals surface area contributed by atoms with Crippen molar-refractivity contribution < 1.29 is 17.6 Å². The van der Waals surface area contributed by atoms with Gasteiger partial charge in [-0.25, -0.2) is 8.42 Å². The first-order chi connectivity index (χ1) is 16.1. The highest BCUT2D eigenvalue weighted by atomic mass is 32.2. The molecule has 1 aliphatic heterocycles. The number of ether oxygens (including phenoxy) is 1. The zero-order valence-corrected chi connectivity index (χ0v) is 21.5. The molecule has 0 unspecified atom stereocenters. The molecule has 2 heterocycles. The molecule has 1 aliphatic rings. The van der Waals surface area contributed by atoms with E-state index < -0.39 is 9.84 Å². The molecule has 0 N–H and O–H groups in total. The van der Waals surface area contributed by atoms with Crippen LogP contribution in [0.4, 0.5) is 5.88 Å². The van der Waals surface area contributed by atoms with E-state index in [1.165, 1.54) is 5.56 Å². The first-order valence-electron chi connectivity index (χ1n) is 11.9. The minimum absolute atomic E-state index is 0.0208. The Labute approximate surface area is 202 Å². The third-order valence-electron chi connectivity index (χ3n) is 6.35. The summed E-state index contributed by atoms with van der Waals surface area (Å²) in [6.45, 7) is 12.6. The molecule has 4 rings (SSSR count). The van der Waals surface area contributed by atoms with Gasteiger partial charge in [-0.2, -0.15) is 4.98 Å². The van der Waals surface area contributed by atoms with Crippen LogP contribution >= 0.6 is 0 Å². The summed E-state index contributed by atoms with van der Waals surface area (Å²) in [5.41, 5.74) is 1.97. The molecular formula is C27H34N2O4S. The van der Waals surface area contributed by atoms with Crippen molar-refractivity contribution in [2.24, 2.45) is 5.92 Å². The highest BCUT2D eigenvalue weighted by Gasteiger charge is 2.32. The lowest BCUT2D eigenvalue weighted by Crippen LogP contribution is -2.33. The molecule has 0 saturated carbocycles. The van der Waals surface area contributed by atoms with Crippen molar-refractivity contribution in [2.45, 2.75) is 62.8 Å². The number of nitrogens with zero attached hydrogens (tertiary/aromatic N) is 2. The van der Waals surface area contributed by atoms with Gasteiger partial charge in [-0.05, 0) is 73.1 Å². The number of anilines is 1. The van der Waals surface area contributed by atoms with Gasteiger partial charge in [0, 0.05) is 18.7 Å². The number of sulfone groups is 1. The smallest absolute Gasteiger partial charge is 0.236 e. The second-order valence-electron chi connectivity index (χ2n) is 10.0. The Kier molecular flexibility index (Phi) is 6.76. The number of oxazole rings is 1. The van der Waals surface area contributed by atoms with Crippen LogP contribution < -0.4 is 9.64 Å². The van der Waals surface area contributed by atoms with Gasteiger partial charge in [0.15, 0.2) is 0 Å². The van der Waals surface area contributed by atoms with Gasteiger partial charge in [0.05, 0.1) is 11.5 Å². The van der Waals surface area contributed by atoms with Crippen LogP contribution in [0.2, 0.25) is 0 Å². The van der Waals surface area contributed by atoms with Crippen molar-refractivity contribution in [3.05, 3.63) is 54.1 Å². The van der Waals surface area contributed by atoms with E-state index in [4.69, 9.17) is 9.15 Å². The molecule has 2 aromatic carbocycles. The lowest BCUT2D eigenvalue weighted by Gasteiger charge is -2.30. The standard InChI is InChI=1S/C27H34N2O4S/c1-6-32-22-11-13-23(14-12-22)34(30,31)25-26(29-17-15-19(2)16-18-29)33-24(28-25)20-7-9-21(10-8-20)27(3,4)5/h7-14,19H,6,15-18H2,1-5H3. The topological polar surface area (TPSA) is 72.6 Å². The number of piperidine rings is 1. The predicted molar refractivity (Wildman–Crippen MR) is 134 cm³/mol. The molecule has 1 fully saturated rings. The highest BCUT2D eigenvalue weighted by Crippen LogP contribution is 2.37. The maximum Gasteiger partial charge on any atom is 0.236 e. The largest absolute Gasteiger partial charge is 0.494 e. The second kappa shape index (κ2) is 9.45. The average Bonchev–Trinajstić information content (AvgIpc) is 3.26. The fourth-order valence-corrected chi connectivity index (χ4v) is 5.44. The maximum atomic E-state index is 13.7. The number of hydrogen-bond donors (Lipinski definition) is 0. The van der Waals surface area contributed by atoms with Gasteiger partial charge >= 0.3 is 0 Å². The van der Waals surface area contributed by atoms with Crippen LogP contribution in [0.1, 0.15) is 53.0 Å². The maximum absolute atomic E-state index is 13.7. The van der Waals surface area contributed by atoms with Gasteiger partial charge in [-0.15, -0.1) is 0 Å². The predicted octanol–water partition coefficient (Wildman–Crippen LogP) is 6.11. The van der Waals surface area contributed by atoms with Crippen molar-refractivity contribution in [1.82, 2.24) is 4.98 Å². The Morgan fingerprint density at radius 1 is 1.03 bits per heavy atom. The Morgan fingerprint density at radius 3 is 2.21 bits per heavy atom. The Morgan fingerprint density at radius 2 is 1.65 bits per heavy atom. The number of rotatable bonds is 6. The minimum atomic E-state index is -3.88. The van der Waals surface area contributed by atoms with Gasteiger partial charge in [0.1, 0.15) is 5.75 Å². The van der Waals surface area contributed by atoms with E-state index in [1.807, 2.05) is 36.1 Å².